The van der Waals surface area contributed by atoms with Gasteiger partial charge in [0.1, 0.15) is 5.82 Å². The monoisotopic (exact) mass is 424 g/mol. The molecule has 0 aliphatic heterocycles. The molecule has 0 amide bonds. The van der Waals surface area contributed by atoms with Gasteiger partial charge >= 0.3 is 0 Å². The summed E-state index contributed by atoms with van der Waals surface area (Å²) in [4.78, 5) is 7.28. The highest BCUT2D eigenvalue weighted by atomic mass is 35.5. The summed E-state index contributed by atoms with van der Waals surface area (Å²) in [7, 11) is -3.72. The highest BCUT2D eigenvalue weighted by molar-refractivity contribution is 7.94. The van der Waals surface area contributed by atoms with Crippen molar-refractivity contribution in [2.24, 2.45) is 0 Å². The minimum absolute atomic E-state index is 0.102. The maximum atomic E-state index is 13.1. The third kappa shape index (κ3) is 4.72. The van der Waals surface area contributed by atoms with E-state index in [-0.39, 0.29) is 27.5 Å². The second-order valence-corrected chi connectivity index (χ2v) is 9.46. The standard InChI is InChI=1S/C15H16Cl2F2N4O2S/c1-15(2,3)26(24,25)23-11-6-8(4-5-10(11)16)21-13-9(12(18)19)7-20-14(17)22-13/h4-7,12,23H,1-3H3,(H,20,21,22). The van der Waals surface area contributed by atoms with Gasteiger partial charge in [0.2, 0.25) is 15.3 Å². The van der Waals surface area contributed by atoms with Gasteiger partial charge in [0.25, 0.3) is 6.43 Å². The van der Waals surface area contributed by atoms with Crippen molar-refractivity contribution in [1.82, 2.24) is 9.97 Å². The number of alkyl halides is 2. The van der Waals surface area contributed by atoms with Crippen LogP contribution in [0.4, 0.5) is 26.0 Å². The Morgan fingerprint density at radius 1 is 1.19 bits per heavy atom. The van der Waals surface area contributed by atoms with Crippen LogP contribution in [0.3, 0.4) is 0 Å². The molecule has 1 aromatic heterocycles. The molecule has 0 spiro atoms. The zero-order valence-corrected chi connectivity index (χ0v) is 16.3. The molecule has 0 saturated heterocycles. The second kappa shape index (κ2) is 7.50. The van der Waals surface area contributed by atoms with E-state index in [1.807, 2.05) is 0 Å². The molecule has 142 valence electrons. The van der Waals surface area contributed by atoms with E-state index in [1.165, 1.54) is 39.0 Å². The lowest BCUT2D eigenvalue weighted by Gasteiger charge is -2.21. The Morgan fingerprint density at radius 3 is 2.42 bits per heavy atom. The third-order valence-electron chi connectivity index (χ3n) is 3.30. The average molecular weight is 425 g/mol. The van der Waals surface area contributed by atoms with Crippen molar-refractivity contribution in [3.8, 4) is 0 Å². The summed E-state index contributed by atoms with van der Waals surface area (Å²) in [6, 6.07) is 4.29. The lowest BCUT2D eigenvalue weighted by molar-refractivity contribution is 0.151. The van der Waals surface area contributed by atoms with Gasteiger partial charge in [-0.15, -0.1) is 0 Å². The molecular weight excluding hydrogens is 409 g/mol. The molecule has 0 fully saturated rings. The maximum absolute atomic E-state index is 13.1. The van der Waals surface area contributed by atoms with E-state index in [0.717, 1.165) is 6.20 Å². The quantitative estimate of drug-likeness (QED) is 0.659. The minimum atomic E-state index is -3.72. The van der Waals surface area contributed by atoms with Gasteiger partial charge in [-0.25, -0.2) is 22.2 Å². The van der Waals surface area contributed by atoms with Crippen LogP contribution >= 0.6 is 23.2 Å². The van der Waals surface area contributed by atoms with Crippen molar-refractivity contribution in [1.29, 1.82) is 0 Å². The van der Waals surface area contributed by atoms with Gasteiger partial charge in [-0.2, -0.15) is 4.98 Å². The van der Waals surface area contributed by atoms with Gasteiger partial charge in [0.05, 0.1) is 21.0 Å². The van der Waals surface area contributed by atoms with E-state index < -0.39 is 26.8 Å². The molecule has 2 rings (SSSR count). The van der Waals surface area contributed by atoms with E-state index in [1.54, 1.807) is 0 Å². The van der Waals surface area contributed by atoms with Crippen LogP contribution in [0.5, 0.6) is 0 Å². The van der Waals surface area contributed by atoms with Gasteiger partial charge in [0.15, 0.2) is 0 Å². The molecule has 2 aromatic rings. The molecule has 1 aromatic carbocycles. The Morgan fingerprint density at radius 2 is 1.85 bits per heavy atom. The Balaban J connectivity index is 2.38. The number of anilines is 3. The van der Waals surface area contributed by atoms with Gasteiger partial charge in [0, 0.05) is 11.9 Å². The Labute approximate surface area is 160 Å². The van der Waals surface area contributed by atoms with Crippen molar-refractivity contribution in [3.63, 3.8) is 0 Å². The zero-order valence-electron chi connectivity index (χ0n) is 14.0. The Kier molecular flexibility index (Phi) is 5.94. The predicted octanol–water partition coefficient (Wildman–Crippen LogP) is 5.00. The van der Waals surface area contributed by atoms with Gasteiger partial charge in [-0.1, -0.05) is 11.6 Å². The molecular formula is C15H16Cl2F2N4O2S. The first-order valence-corrected chi connectivity index (χ1v) is 9.54. The summed E-state index contributed by atoms with van der Waals surface area (Å²) in [5.74, 6) is -0.188. The molecule has 1 heterocycles. The fraction of sp³-hybridized carbons (Fsp3) is 0.333. The predicted molar refractivity (Wildman–Crippen MR) is 99.0 cm³/mol. The van der Waals surface area contributed by atoms with Crippen LogP contribution in [0.2, 0.25) is 10.3 Å². The van der Waals surface area contributed by atoms with Crippen LogP contribution in [-0.4, -0.2) is 23.1 Å². The van der Waals surface area contributed by atoms with E-state index in [4.69, 9.17) is 23.2 Å². The highest BCUT2D eigenvalue weighted by Gasteiger charge is 2.29. The number of benzene rings is 1. The highest BCUT2D eigenvalue weighted by Crippen LogP contribution is 2.32. The fourth-order valence-electron chi connectivity index (χ4n) is 1.75. The number of rotatable bonds is 5. The normalized spacial score (nSPS) is 12.3. The summed E-state index contributed by atoms with van der Waals surface area (Å²) in [5.41, 5.74) is -0.0517. The summed E-state index contributed by atoms with van der Waals surface area (Å²) in [6.07, 6.45) is -1.90. The number of sulfonamides is 1. The van der Waals surface area contributed by atoms with Crippen LogP contribution < -0.4 is 10.0 Å². The topological polar surface area (TPSA) is 84.0 Å². The molecule has 0 saturated carbocycles. The number of nitrogens with zero attached hydrogens (tertiary/aromatic N) is 2. The molecule has 0 aliphatic carbocycles. The van der Waals surface area contributed by atoms with Crippen molar-refractivity contribution >= 4 is 50.4 Å². The van der Waals surface area contributed by atoms with Crippen LogP contribution in [0.1, 0.15) is 32.8 Å². The van der Waals surface area contributed by atoms with Crippen molar-refractivity contribution in [2.75, 3.05) is 10.0 Å². The average Bonchev–Trinajstić information content (AvgIpc) is 2.49. The first kappa shape index (κ1) is 20.6. The minimum Gasteiger partial charge on any atom is -0.340 e. The number of halogens is 4. The van der Waals surface area contributed by atoms with Crippen molar-refractivity contribution in [2.45, 2.75) is 31.9 Å². The van der Waals surface area contributed by atoms with E-state index in [0.29, 0.717) is 0 Å². The molecule has 0 radical (unpaired) electrons. The maximum Gasteiger partial charge on any atom is 0.268 e. The fourth-order valence-corrected chi connectivity index (χ4v) is 2.86. The SMILES string of the molecule is CC(C)(C)S(=O)(=O)Nc1cc(Nc2nc(Cl)ncc2C(F)F)ccc1Cl. The molecule has 2 N–H and O–H groups in total. The second-order valence-electron chi connectivity index (χ2n) is 6.28. The van der Waals surface area contributed by atoms with Gasteiger partial charge in [-0.05, 0) is 50.6 Å². The number of nitrogens with one attached hydrogen (secondary N) is 2. The molecule has 0 unspecified atom stereocenters. The van der Waals surface area contributed by atoms with Crippen LogP contribution in [-0.2, 0) is 10.0 Å². The third-order valence-corrected chi connectivity index (χ3v) is 5.92. The lowest BCUT2D eigenvalue weighted by Crippen LogP contribution is -2.33. The van der Waals surface area contributed by atoms with E-state index in [2.05, 4.69) is 20.0 Å². The number of aromatic nitrogens is 2. The largest absolute Gasteiger partial charge is 0.340 e. The molecule has 11 heteroatoms. The van der Waals surface area contributed by atoms with E-state index >= 15 is 0 Å². The lowest BCUT2D eigenvalue weighted by atomic mass is 10.2. The molecule has 6 nitrogen and oxygen atoms in total. The Hall–Kier alpha value is -1.71. The Bertz CT molecular complexity index is 918. The zero-order chi connectivity index (χ0) is 19.7. The van der Waals surface area contributed by atoms with Crippen LogP contribution in [0, 0.1) is 0 Å². The first-order chi connectivity index (χ1) is 11.9. The van der Waals surface area contributed by atoms with Crippen LogP contribution in [0.25, 0.3) is 0 Å². The molecule has 26 heavy (non-hydrogen) atoms. The summed E-state index contributed by atoms with van der Waals surface area (Å²) in [6.45, 7) is 4.59. The summed E-state index contributed by atoms with van der Waals surface area (Å²) < 4.78 is 52.1. The number of hydrogen-bond acceptors (Lipinski definition) is 5. The van der Waals surface area contributed by atoms with Crippen LogP contribution in [0.15, 0.2) is 24.4 Å². The number of hydrogen-bond donors (Lipinski definition) is 2. The van der Waals surface area contributed by atoms with Crippen molar-refractivity contribution in [3.05, 3.63) is 40.3 Å². The van der Waals surface area contributed by atoms with Gasteiger partial charge in [-0.3, -0.25) is 4.72 Å². The molecule has 0 aliphatic rings. The molecule has 0 atom stereocenters. The summed E-state index contributed by atoms with van der Waals surface area (Å²) >= 11 is 11.7. The first-order valence-electron chi connectivity index (χ1n) is 7.30. The summed E-state index contributed by atoms with van der Waals surface area (Å²) in [5, 5.41) is 2.62. The van der Waals surface area contributed by atoms with Gasteiger partial charge < -0.3 is 5.32 Å². The van der Waals surface area contributed by atoms with E-state index in [9.17, 15) is 17.2 Å². The smallest absolute Gasteiger partial charge is 0.268 e. The molecule has 0 bridgehead atoms. The van der Waals surface area contributed by atoms with Crippen molar-refractivity contribution < 1.29 is 17.2 Å².